The molecule has 2 rings (SSSR count). The molecule has 0 saturated heterocycles. The summed E-state index contributed by atoms with van der Waals surface area (Å²) in [6, 6.07) is 8.98. The van der Waals surface area contributed by atoms with Gasteiger partial charge >= 0.3 is 13.3 Å². The average molecular weight is 330 g/mol. The van der Waals surface area contributed by atoms with E-state index in [1.54, 1.807) is 12.1 Å². The lowest BCUT2D eigenvalue weighted by Crippen LogP contribution is -2.29. The average Bonchev–Trinajstić information content (AvgIpc) is 2.45. The lowest BCUT2D eigenvalue weighted by atomic mass is 9.80. The standard InChI is InChI=1S/C14H11BClF3O3/c16-12-6-3-10(14(17,18)19)7-13(12)22-8-9-1-4-11(5-2-9)15(20)21/h1-7,20-21H,8H2. The number of hydrogen-bond donors (Lipinski definition) is 2. The largest absolute Gasteiger partial charge is 0.488 e. The summed E-state index contributed by atoms with van der Waals surface area (Å²) >= 11 is 5.82. The highest BCUT2D eigenvalue weighted by molar-refractivity contribution is 6.58. The second kappa shape index (κ2) is 6.60. The third-order valence-electron chi connectivity index (χ3n) is 2.93. The van der Waals surface area contributed by atoms with E-state index in [2.05, 4.69) is 0 Å². The molecule has 0 fully saturated rings. The van der Waals surface area contributed by atoms with E-state index in [1.807, 2.05) is 0 Å². The van der Waals surface area contributed by atoms with Crippen molar-refractivity contribution in [3.05, 3.63) is 58.6 Å². The van der Waals surface area contributed by atoms with E-state index in [9.17, 15) is 13.2 Å². The van der Waals surface area contributed by atoms with Gasteiger partial charge in [0.15, 0.2) is 0 Å². The second-order valence-electron chi connectivity index (χ2n) is 4.55. The Bertz CT molecular complexity index is 645. The summed E-state index contributed by atoms with van der Waals surface area (Å²) in [4.78, 5) is 0. The first-order chi connectivity index (χ1) is 10.3. The van der Waals surface area contributed by atoms with Gasteiger partial charge in [-0.05, 0) is 29.2 Å². The SMILES string of the molecule is OB(O)c1ccc(COc2cc(C(F)(F)F)ccc2Cl)cc1. The van der Waals surface area contributed by atoms with E-state index in [-0.39, 0.29) is 17.4 Å². The van der Waals surface area contributed by atoms with Crippen molar-refractivity contribution >= 4 is 24.2 Å². The van der Waals surface area contributed by atoms with E-state index in [0.29, 0.717) is 11.0 Å². The van der Waals surface area contributed by atoms with Gasteiger partial charge in [-0.1, -0.05) is 35.9 Å². The number of hydrogen-bond acceptors (Lipinski definition) is 3. The molecule has 0 saturated carbocycles. The zero-order valence-corrected chi connectivity index (χ0v) is 11.9. The minimum atomic E-state index is -4.47. The topological polar surface area (TPSA) is 49.7 Å². The van der Waals surface area contributed by atoms with E-state index >= 15 is 0 Å². The molecule has 0 aliphatic heterocycles. The molecular weight excluding hydrogens is 319 g/mol. The van der Waals surface area contributed by atoms with Crippen molar-refractivity contribution in [2.45, 2.75) is 12.8 Å². The molecule has 0 atom stereocenters. The highest BCUT2D eigenvalue weighted by Gasteiger charge is 2.31. The fourth-order valence-electron chi connectivity index (χ4n) is 1.74. The fraction of sp³-hybridized carbons (Fsp3) is 0.143. The van der Waals surface area contributed by atoms with Crippen LogP contribution in [0.3, 0.4) is 0 Å². The van der Waals surface area contributed by atoms with Crippen LogP contribution in [0.5, 0.6) is 5.75 Å². The lowest BCUT2D eigenvalue weighted by molar-refractivity contribution is -0.137. The molecule has 0 aliphatic rings. The molecule has 0 spiro atoms. The maximum Gasteiger partial charge on any atom is 0.488 e. The Kier molecular flexibility index (Phi) is 5.00. The van der Waals surface area contributed by atoms with E-state index in [1.165, 1.54) is 12.1 Å². The van der Waals surface area contributed by atoms with Crippen molar-refractivity contribution in [2.75, 3.05) is 0 Å². The Balaban J connectivity index is 2.11. The molecule has 0 unspecified atom stereocenters. The Morgan fingerprint density at radius 2 is 1.68 bits per heavy atom. The van der Waals surface area contributed by atoms with Gasteiger partial charge in [-0.3, -0.25) is 0 Å². The van der Waals surface area contributed by atoms with Crippen molar-refractivity contribution < 1.29 is 28.0 Å². The highest BCUT2D eigenvalue weighted by Crippen LogP contribution is 2.35. The summed E-state index contributed by atoms with van der Waals surface area (Å²) in [5, 5.41) is 18.0. The highest BCUT2D eigenvalue weighted by atomic mass is 35.5. The smallest absolute Gasteiger partial charge is 0.487 e. The first kappa shape index (κ1) is 16.7. The Hall–Kier alpha value is -1.70. The van der Waals surface area contributed by atoms with Crippen LogP contribution >= 0.6 is 11.6 Å². The second-order valence-corrected chi connectivity index (χ2v) is 4.95. The maximum atomic E-state index is 12.6. The third-order valence-corrected chi connectivity index (χ3v) is 3.24. The van der Waals surface area contributed by atoms with Crippen LogP contribution in [0.1, 0.15) is 11.1 Å². The van der Waals surface area contributed by atoms with Gasteiger partial charge in [0.1, 0.15) is 12.4 Å². The molecule has 0 heterocycles. The van der Waals surface area contributed by atoms with Gasteiger partial charge in [0.2, 0.25) is 0 Å². The van der Waals surface area contributed by atoms with Gasteiger partial charge in [0.05, 0.1) is 10.6 Å². The normalized spacial score (nSPS) is 11.4. The molecule has 0 aromatic heterocycles. The zero-order chi connectivity index (χ0) is 16.3. The summed E-state index contributed by atoms with van der Waals surface area (Å²) in [5.74, 6) is -0.0669. The van der Waals surface area contributed by atoms with Gasteiger partial charge in [-0.25, -0.2) is 0 Å². The van der Waals surface area contributed by atoms with Crippen LogP contribution in [0.15, 0.2) is 42.5 Å². The molecule has 0 amide bonds. The van der Waals surface area contributed by atoms with Crippen LogP contribution in [-0.4, -0.2) is 17.2 Å². The van der Waals surface area contributed by atoms with Crippen LogP contribution in [0, 0.1) is 0 Å². The first-order valence-electron chi connectivity index (χ1n) is 6.22. The van der Waals surface area contributed by atoms with Crippen molar-refractivity contribution in [1.82, 2.24) is 0 Å². The van der Waals surface area contributed by atoms with Crippen LogP contribution in [0.2, 0.25) is 5.02 Å². The molecule has 8 heteroatoms. The van der Waals surface area contributed by atoms with E-state index < -0.39 is 18.9 Å². The number of alkyl halides is 3. The predicted molar refractivity (Wildman–Crippen MR) is 77.1 cm³/mol. The molecule has 3 nitrogen and oxygen atoms in total. The van der Waals surface area contributed by atoms with Gasteiger partial charge in [0, 0.05) is 0 Å². The summed E-state index contributed by atoms with van der Waals surface area (Å²) in [6.07, 6.45) is -4.47. The molecule has 0 bridgehead atoms. The van der Waals surface area contributed by atoms with Gasteiger partial charge in [-0.15, -0.1) is 0 Å². The minimum absolute atomic E-state index is 0.00281. The fourth-order valence-corrected chi connectivity index (χ4v) is 1.91. The van der Waals surface area contributed by atoms with E-state index in [0.717, 1.165) is 18.2 Å². The monoisotopic (exact) mass is 330 g/mol. The van der Waals surface area contributed by atoms with Crippen LogP contribution in [0.4, 0.5) is 13.2 Å². The van der Waals surface area contributed by atoms with Crippen molar-refractivity contribution in [1.29, 1.82) is 0 Å². The Morgan fingerprint density at radius 1 is 1.05 bits per heavy atom. The molecule has 2 N–H and O–H groups in total. The number of ether oxygens (including phenoxy) is 1. The summed E-state index contributed by atoms with van der Waals surface area (Å²) in [7, 11) is -1.58. The number of rotatable bonds is 4. The molecule has 116 valence electrons. The minimum Gasteiger partial charge on any atom is -0.487 e. The van der Waals surface area contributed by atoms with Crippen LogP contribution in [0.25, 0.3) is 0 Å². The predicted octanol–water partition coefficient (Wildman–Crippen LogP) is 2.62. The number of halogens is 4. The molecule has 0 radical (unpaired) electrons. The molecular formula is C14H11BClF3O3. The van der Waals surface area contributed by atoms with Gasteiger partial charge < -0.3 is 14.8 Å². The summed E-state index contributed by atoms with van der Waals surface area (Å²) in [6.45, 7) is 0.00281. The maximum absolute atomic E-state index is 12.6. The molecule has 2 aromatic rings. The first-order valence-corrected chi connectivity index (χ1v) is 6.59. The summed E-state index contributed by atoms with van der Waals surface area (Å²) in [5.41, 5.74) is 0.115. The Labute approximate surface area is 130 Å². The van der Waals surface area contributed by atoms with Crippen molar-refractivity contribution in [3.8, 4) is 5.75 Å². The molecule has 0 aliphatic carbocycles. The quantitative estimate of drug-likeness (QED) is 0.847. The number of benzene rings is 2. The zero-order valence-electron chi connectivity index (χ0n) is 11.1. The third kappa shape index (κ3) is 4.16. The van der Waals surface area contributed by atoms with Crippen LogP contribution in [-0.2, 0) is 12.8 Å². The van der Waals surface area contributed by atoms with Crippen molar-refractivity contribution in [2.24, 2.45) is 0 Å². The van der Waals surface area contributed by atoms with Gasteiger partial charge in [0.25, 0.3) is 0 Å². The van der Waals surface area contributed by atoms with Crippen LogP contribution < -0.4 is 10.2 Å². The lowest BCUT2D eigenvalue weighted by Gasteiger charge is -2.12. The van der Waals surface area contributed by atoms with Gasteiger partial charge in [-0.2, -0.15) is 13.2 Å². The molecule has 22 heavy (non-hydrogen) atoms. The Morgan fingerprint density at radius 3 is 2.23 bits per heavy atom. The summed E-state index contributed by atoms with van der Waals surface area (Å²) < 4.78 is 43.2. The van der Waals surface area contributed by atoms with E-state index in [4.69, 9.17) is 26.4 Å². The van der Waals surface area contributed by atoms with Crippen molar-refractivity contribution in [3.63, 3.8) is 0 Å². The molecule has 2 aromatic carbocycles.